The van der Waals surface area contributed by atoms with E-state index in [0.29, 0.717) is 31.4 Å². The Morgan fingerprint density at radius 3 is 2.75 bits per heavy atom. The van der Waals surface area contributed by atoms with Gasteiger partial charge in [0.2, 0.25) is 5.89 Å². The van der Waals surface area contributed by atoms with E-state index in [1.165, 1.54) is 12.1 Å². The molecular formula is C19H27FIN5O2. The predicted octanol–water partition coefficient (Wildman–Crippen LogP) is 2.27. The largest absolute Gasteiger partial charge is 0.444 e. The molecule has 7 nitrogen and oxygen atoms in total. The molecule has 0 aliphatic carbocycles. The minimum Gasteiger partial charge on any atom is -0.444 e. The number of aliphatic imine (C=N–C) groups is 1. The van der Waals surface area contributed by atoms with E-state index in [1.807, 2.05) is 0 Å². The molecule has 0 saturated carbocycles. The number of halogens is 2. The van der Waals surface area contributed by atoms with Crippen LogP contribution >= 0.6 is 24.0 Å². The van der Waals surface area contributed by atoms with Crippen LogP contribution in [0.4, 0.5) is 4.39 Å². The van der Waals surface area contributed by atoms with Gasteiger partial charge >= 0.3 is 0 Å². The highest BCUT2D eigenvalue weighted by molar-refractivity contribution is 14.0. The molecule has 1 fully saturated rings. The summed E-state index contributed by atoms with van der Waals surface area (Å²) in [5.74, 6) is 0.642. The van der Waals surface area contributed by atoms with Crippen LogP contribution in [0.3, 0.4) is 0 Å². The van der Waals surface area contributed by atoms with E-state index < -0.39 is 0 Å². The van der Waals surface area contributed by atoms with E-state index >= 15 is 0 Å². The summed E-state index contributed by atoms with van der Waals surface area (Å²) in [6.45, 7) is 5.97. The molecule has 1 aromatic carbocycles. The second-order valence-corrected chi connectivity index (χ2v) is 6.40. The first-order valence-electron chi connectivity index (χ1n) is 9.25. The summed E-state index contributed by atoms with van der Waals surface area (Å²) in [5, 5.41) is 3.09. The van der Waals surface area contributed by atoms with Crippen molar-refractivity contribution in [2.24, 2.45) is 10.7 Å². The number of hydrogen-bond acceptors (Lipinski definition) is 5. The van der Waals surface area contributed by atoms with Crippen molar-refractivity contribution in [1.82, 2.24) is 15.2 Å². The molecule has 9 heteroatoms. The summed E-state index contributed by atoms with van der Waals surface area (Å²) < 4.78 is 23.7. The fraction of sp³-hybridized carbons (Fsp3) is 0.474. The van der Waals surface area contributed by atoms with E-state index in [2.05, 4.69) is 20.2 Å². The second kappa shape index (κ2) is 12.0. The minimum absolute atomic E-state index is 0. The number of nitrogens with zero attached hydrogens (tertiary/aromatic N) is 3. The summed E-state index contributed by atoms with van der Waals surface area (Å²) in [4.78, 5) is 11.1. The maximum absolute atomic E-state index is 13.0. The highest BCUT2D eigenvalue weighted by Crippen LogP contribution is 2.18. The van der Waals surface area contributed by atoms with Gasteiger partial charge < -0.3 is 20.2 Å². The van der Waals surface area contributed by atoms with Crippen molar-refractivity contribution in [2.45, 2.75) is 12.8 Å². The summed E-state index contributed by atoms with van der Waals surface area (Å²) >= 11 is 0. The maximum atomic E-state index is 13.0. The van der Waals surface area contributed by atoms with Crippen LogP contribution in [0.2, 0.25) is 0 Å². The molecule has 1 aliphatic rings. The van der Waals surface area contributed by atoms with Gasteiger partial charge in [-0.3, -0.25) is 9.89 Å². The monoisotopic (exact) mass is 503 g/mol. The number of morpholine rings is 1. The van der Waals surface area contributed by atoms with Crippen LogP contribution in [0.25, 0.3) is 11.5 Å². The van der Waals surface area contributed by atoms with Crippen molar-refractivity contribution in [3.05, 3.63) is 42.0 Å². The van der Waals surface area contributed by atoms with Gasteiger partial charge in [-0.15, -0.1) is 24.0 Å². The average molecular weight is 503 g/mol. The van der Waals surface area contributed by atoms with Gasteiger partial charge in [0.25, 0.3) is 0 Å². The maximum Gasteiger partial charge on any atom is 0.226 e. The normalized spacial score (nSPS) is 15.2. The molecule has 2 aromatic rings. The number of aromatic nitrogens is 1. The Labute approximate surface area is 181 Å². The lowest BCUT2D eigenvalue weighted by molar-refractivity contribution is 0.0377. The molecular weight excluding hydrogens is 476 g/mol. The van der Waals surface area contributed by atoms with Crippen LogP contribution in [0.5, 0.6) is 0 Å². The van der Waals surface area contributed by atoms with Crippen LogP contribution in [-0.4, -0.2) is 61.8 Å². The van der Waals surface area contributed by atoms with Gasteiger partial charge in [-0.2, -0.15) is 0 Å². The zero-order chi connectivity index (χ0) is 18.9. The highest BCUT2D eigenvalue weighted by atomic mass is 127. The van der Waals surface area contributed by atoms with Crippen molar-refractivity contribution < 1.29 is 13.5 Å². The number of ether oxygens (including phenoxy) is 1. The summed E-state index contributed by atoms with van der Waals surface area (Å²) in [6.07, 6.45) is 3.25. The molecule has 3 rings (SSSR count). The molecule has 1 saturated heterocycles. The first-order chi connectivity index (χ1) is 13.2. The molecule has 0 atom stereocenters. The third kappa shape index (κ3) is 7.36. The molecule has 1 aliphatic heterocycles. The van der Waals surface area contributed by atoms with Crippen molar-refractivity contribution in [3.63, 3.8) is 0 Å². The molecule has 28 heavy (non-hydrogen) atoms. The lowest BCUT2D eigenvalue weighted by Crippen LogP contribution is -2.37. The number of rotatable bonds is 8. The Morgan fingerprint density at radius 1 is 1.25 bits per heavy atom. The fourth-order valence-corrected chi connectivity index (χ4v) is 2.84. The SMILES string of the molecule is I.NC(=NCCCN1CCOCC1)NCCc1coc(-c2ccc(F)cc2)n1. The molecule has 3 N–H and O–H groups in total. The number of nitrogens with one attached hydrogen (secondary N) is 1. The zero-order valence-electron chi connectivity index (χ0n) is 15.8. The second-order valence-electron chi connectivity index (χ2n) is 6.40. The number of nitrogens with two attached hydrogens (primary N) is 1. The lowest BCUT2D eigenvalue weighted by atomic mass is 10.2. The predicted molar refractivity (Wildman–Crippen MR) is 117 cm³/mol. The van der Waals surface area contributed by atoms with Crippen LogP contribution in [-0.2, 0) is 11.2 Å². The highest BCUT2D eigenvalue weighted by Gasteiger charge is 2.09. The molecule has 0 radical (unpaired) electrons. The van der Waals surface area contributed by atoms with E-state index in [4.69, 9.17) is 14.9 Å². The van der Waals surface area contributed by atoms with Crippen LogP contribution in [0.1, 0.15) is 12.1 Å². The van der Waals surface area contributed by atoms with E-state index in [-0.39, 0.29) is 29.8 Å². The van der Waals surface area contributed by atoms with E-state index in [1.54, 1.807) is 18.4 Å². The van der Waals surface area contributed by atoms with E-state index in [9.17, 15) is 4.39 Å². The number of guanidine groups is 1. The van der Waals surface area contributed by atoms with Crippen LogP contribution in [0, 0.1) is 5.82 Å². The number of oxazole rings is 1. The first kappa shape index (κ1) is 22.6. The Morgan fingerprint density at radius 2 is 2.00 bits per heavy atom. The average Bonchev–Trinajstić information content (AvgIpc) is 3.15. The van der Waals surface area contributed by atoms with Crippen molar-refractivity contribution >= 4 is 29.9 Å². The number of hydrogen-bond donors (Lipinski definition) is 2. The van der Waals surface area contributed by atoms with Crippen molar-refractivity contribution in [1.29, 1.82) is 0 Å². The Hall–Kier alpha value is -1.72. The molecule has 0 unspecified atom stereocenters. The van der Waals surface area contributed by atoms with E-state index in [0.717, 1.165) is 50.5 Å². The fourth-order valence-electron chi connectivity index (χ4n) is 2.84. The molecule has 154 valence electrons. The molecule has 0 spiro atoms. The summed E-state index contributed by atoms with van der Waals surface area (Å²) in [6, 6.07) is 6.06. The minimum atomic E-state index is -0.283. The molecule has 2 heterocycles. The van der Waals surface area contributed by atoms with Gasteiger partial charge in [-0.25, -0.2) is 9.37 Å². The van der Waals surface area contributed by atoms with Crippen LogP contribution < -0.4 is 11.1 Å². The van der Waals surface area contributed by atoms with Gasteiger partial charge in [-0.05, 0) is 30.7 Å². The van der Waals surface area contributed by atoms with Crippen molar-refractivity contribution in [2.75, 3.05) is 45.9 Å². The van der Waals surface area contributed by atoms with Gasteiger partial charge in [0, 0.05) is 44.7 Å². The van der Waals surface area contributed by atoms with Crippen LogP contribution in [0.15, 0.2) is 39.9 Å². The summed E-state index contributed by atoms with van der Waals surface area (Å²) in [7, 11) is 0. The summed E-state index contributed by atoms with van der Waals surface area (Å²) in [5.41, 5.74) is 7.45. The van der Waals surface area contributed by atoms with Crippen molar-refractivity contribution in [3.8, 4) is 11.5 Å². The van der Waals surface area contributed by atoms with Gasteiger partial charge in [0.15, 0.2) is 5.96 Å². The zero-order valence-corrected chi connectivity index (χ0v) is 18.1. The Balaban J connectivity index is 0.00000280. The van der Waals surface area contributed by atoms with Gasteiger partial charge in [0.05, 0.1) is 18.9 Å². The Kier molecular flexibility index (Phi) is 9.65. The number of benzene rings is 1. The lowest BCUT2D eigenvalue weighted by Gasteiger charge is -2.26. The molecule has 0 bridgehead atoms. The first-order valence-corrected chi connectivity index (χ1v) is 9.25. The van der Waals surface area contributed by atoms with Gasteiger partial charge in [-0.1, -0.05) is 0 Å². The molecule has 0 amide bonds. The quantitative estimate of drug-likeness (QED) is 0.249. The standard InChI is InChI=1S/C19H26FN5O2.HI/c20-16-4-2-15(3-5-16)18-24-17(14-27-18)6-8-23-19(21)22-7-1-9-25-10-12-26-13-11-25;/h2-5,14H,1,6-13H2,(H3,21,22,23);1H. The molecule has 1 aromatic heterocycles. The third-order valence-corrected chi connectivity index (χ3v) is 4.35. The third-order valence-electron chi connectivity index (χ3n) is 4.35. The Bertz CT molecular complexity index is 732. The van der Waals surface area contributed by atoms with Gasteiger partial charge in [0.1, 0.15) is 12.1 Å². The topological polar surface area (TPSA) is 88.9 Å². The smallest absolute Gasteiger partial charge is 0.226 e.